The number of hydrogen-bond donors (Lipinski definition) is 0. The van der Waals surface area contributed by atoms with E-state index in [1.165, 1.54) is 25.3 Å². The van der Waals surface area contributed by atoms with Gasteiger partial charge in [-0.2, -0.15) is 0 Å². The summed E-state index contributed by atoms with van der Waals surface area (Å²) in [7, 11) is 0. The molecule has 0 amide bonds. The maximum absolute atomic E-state index is 13.8. The molecule has 1 aromatic carbocycles. The van der Waals surface area contributed by atoms with Crippen molar-refractivity contribution in [1.29, 1.82) is 0 Å². The molecular formula is C18H24F2O. The Kier molecular flexibility index (Phi) is 5.49. The van der Waals surface area contributed by atoms with Gasteiger partial charge in [0.05, 0.1) is 5.56 Å². The molecular weight excluding hydrogens is 270 g/mol. The first-order chi connectivity index (χ1) is 10.0. The molecule has 0 spiro atoms. The van der Waals surface area contributed by atoms with Crippen molar-refractivity contribution in [3.8, 4) is 0 Å². The van der Waals surface area contributed by atoms with Crippen LogP contribution in [0.1, 0.15) is 67.8 Å². The monoisotopic (exact) mass is 294 g/mol. The topological polar surface area (TPSA) is 17.1 Å². The number of Topliss-reactive ketones (excluding diaryl/α,β-unsaturated/α-hetero) is 1. The number of halogens is 2. The molecule has 21 heavy (non-hydrogen) atoms. The number of aryl methyl sites for hydroxylation is 1. The lowest BCUT2D eigenvalue weighted by atomic mass is 9.77. The molecule has 0 aromatic heterocycles. The van der Waals surface area contributed by atoms with Gasteiger partial charge >= 0.3 is 0 Å². The van der Waals surface area contributed by atoms with Gasteiger partial charge in [0.25, 0.3) is 0 Å². The van der Waals surface area contributed by atoms with Crippen LogP contribution in [0.2, 0.25) is 0 Å². The Labute approximate surface area is 125 Å². The Morgan fingerprint density at radius 3 is 2.43 bits per heavy atom. The standard InChI is InChI=1S/C18H24F2O/c1-3-4-5-13-6-8-14(9-7-13)18(21)15-10-12(2)16(19)11-17(15)20/h10-11,13-14H,3-9H2,1-2H3. The van der Waals surface area contributed by atoms with Crippen LogP contribution < -0.4 is 0 Å². The second kappa shape index (κ2) is 7.15. The van der Waals surface area contributed by atoms with Gasteiger partial charge in [0.2, 0.25) is 0 Å². The second-order valence-electron chi connectivity index (χ2n) is 6.31. The van der Waals surface area contributed by atoms with E-state index in [1.54, 1.807) is 6.92 Å². The van der Waals surface area contributed by atoms with E-state index in [-0.39, 0.29) is 17.3 Å². The molecule has 1 nitrogen and oxygen atoms in total. The molecule has 2 rings (SSSR count). The third-order valence-corrected chi connectivity index (χ3v) is 4.70. The van der Waals surface area contributed by atoms with Gasteiger partial charge in [-0.25, -0.2) is 8.78 Å². The number of ketones is 1. The SMILES string of the molecule is CCCCC1CCC(C(=O)c2cc(C)c(F)cc2F)CC1. The maximum Gasteiger partial charge on any atom is 0.168 e. The van der Waals surface area contributed by atoms with Gasteiger partial charge in [-0.15, -0.1) is 0 Å². The zero-order chi connectivity index (χ0) is 15.4. The summed E-state index contributed by atoms with van der Waals surface area (Å²) in [5.74, 6) is -0.843. The normalized spacial score (nSPS) is 22.3. The number of benzene rings is 1. The molecule has 0 heterocycles. The zero-order valence-electron chi connectivity index (χ0n) is 12.9. The van der Waals surface area contributed by atoms with Gasteiger partial charge < -0.3 is 0 Å². The highest BCUT2D eigenvalue weighted by Gasteiger charge is 2.28. The number of rotatable bonds is 5. The van der Waals surface area contributed by atoms with Crippen molar-refractivity contribution >= 4 is 5.78 Å². The minimum atomic E-state index is -0.726. The van der Waals surface area contributed by atoms with Crippen molar-refractivity contribution in [2.45, 2.75) is 58.8 Å². The number of unbranched alkanes of at least 4 members (excludes halogenated alkanes) is 1. The van der Waals surface area contributed by atoms with Crippen LogP contribution >= 0.6 is 0 Å². The molecule has 0 radical (unpaired) electrons. The van der Waals surface area contributed by atoms with Crippen molar-refractivity contribution in [2.75, 3.05) is 0 Å². The van der Waals surface area contributed by atoms with E-state index in [0.29, 0.717) is 11.5 Å². The van der Waals surface area contributed by atoms with Crippen LogP contribution in [0.4, 0.5) is 8.78 Å². The molecule has 116 valence electrons. The van der Waals surface area contributed by atoms with Gasteiger partial charge in [0.1, 0.15) is 11.6 Å². The summed E-state index contributed by atoms with van der Waals surface area (Å²) >= 11 is 0. The average molecular weight is 294 g/mol. The van der Waals surface area contributed by atoms with Gasteiger partial charge in [0.15, 0.2) is 5.78 Å². The first-order valence-electron chi connectivity index (χ1n) is 8.02. The summed E-state index contributed by atoms with van der Waals surface area (Å²) in [5.41, 5.74) is 0.391. The molecule has 1 fully saturated rings. The molecule has 1 saturated carbocycles. The molecule has 0 bridgehead atoms. The molecule has 1 aliphatic carbocycles. The minimum Gasteiger partial charge on any atom is -0.294 e. The van der Waals surface area contributed by atoms with Crippen LogP contribution in [0.15, 0.2) is 12.1 Å². The van der Waals surface area contributed by atoms with E-state index in [9.17, 15) is 13.6 Å². The first-order valence-corrected chi connectivity index (χ1v) is 8.02. The van der Waals surface area contributed by atoms with E-state index in [4.69, 9.17) is 0 Å². The Balaban J connectivity index is 2.00. The van der Waals surface area contributed by atoms with E-state index in [1.807, 2.05) is 0 Å². The van der Waals surface area contributed by atoms with Crippen LogP contribution in [0.3, 0.4) is 0 Å². The quantitative estimate of drug-likeness (QED) is 0.660. The van der Waals surface area contributed by atoms with Crippen molar-refractivity contribution in [2.24, 2.45) is 11.8 Å². The number of carbonyl (C=O) groups is 1. The summed E-state index contributed by atoms with van der Waals surface area (Å²) in [6.07, 6.45) is 7.47. The fourth-order valence-electron chi connectivity index (χ4n) is 3.27. The lowest BCUT2D eigenvalue weighted by Gasteiger charge is -2.27. The molecule has 0 aliphatic heterocycles. The third kappa shape index (κ3) is 3.90. The number of hydrogen-bond acceptors (Lipinski definition) is 1. The molecule has 1 aliphatic rings. The van der Waals surface area contributed by atoms with Crippen molar-refractivity contribution < 1.29 is 13.6 Å². The molecule has 0 saturated heterocycles. The third-order valence-electron chi connectivity index (χ3n) is 4.70. The van der Waals surface area contributed by atoms with Gasteiger partial charge in [0, 0.05) is 12.0 Å². The summed E-state index contributed by atoms with van der Waals surface area (Å²) in [6, 6.07) is 2.19. The van der Waals surface area contributed by atoms with E-state index in [2.05, 4.69) is 6.92 Å². The Morgan fingerprint density at radius 2 is 1.81 bits per heavy atom. The largest absolute Gasteiger partial charge is 0.294 e. The molecule has 3 heteroatoms. The van der Waals surface area contributed by atoms with Gasteiger partial charge in [-0.1, -0.05) is 26.2 Å². The Hall–Kier alpha value is -1.25. The van der Waals surface area contributed by atoms with Gasteiger partial charge in [-0.3, -0.25) is 4.79 Å². The van der Waals surface area contributed by atoms with E-state index >= 15 is 0 Å². The summed E-state index contributed by atoms with van der Waals surface area (Å²) in [6.45, 7) is 3.75. The lowest BCUT2D eigenvalue weighted by molar-refractivity contribution is 0.0865. The number of carbonyl (C=O) groups excluding carboxylic acids is 1. The molecule has 0 N–H and O–H groups in total. The summed E-state index contributed by atoms with van der Waals surface area (Å²) < 4.78 is 27.1. The highest BCUT2D eigenvalue weighted by molar-refractivity contribution is 5.98. The highest BCUT2D eigenvalue weighted by Crippen LogP contribution is 2.34. The minimum absolute atomic E-state index is 0.0610. The maximum atomic E-state index is 13.8. The van der Waals surface area contributed by atoms with E-state index < -0.39 is 11.6 Å². The second-order valence-corrected chi connectivity index (χ2v) is 6.31. The summed E-state index contributed by atoms with van der Waals surface area (Å²) in [4.78, 5) is 12.4. The van der Waals surface area contributed by atoms with Crippen LogP contribution in [0.25, 0.3) is 0 Å². The van der Waals surface area contributed by atoms with Gasteiger partial charge in [-0.05, 0) is 50.2 Å². The fourth-order valence-corrected chi connectivity index (χ4v) is 3.27. The van der Waals surface area contributed by atoms with Crippen LogP contribution in [-0.4, -0.2) is 5.78 Å². The van der Waals surface area contributed by atoms with Crippen molar-refractivity contribution in [3.63, 3.8) is 0 Å². The predicted octanol–water partition coefficient (Wildman–Crippen LogP) is 5.45. The molecule has 0 unspecified atom stereocenters. The highest BCUT2D eigenvalue weighted by atomic mass is 19.1. The zero-order valence-corrected chi connectivity index (χ0v) is 12.9. The lowest BCUT2D eigenvalue weighted by Crippen LogP contribution is -2.23. The van der Waals surface area contributed by atoms with Crippen LogP contribution in [0.5, 0.6) is 0 Å². The molecule has 0 atom stereocenters. The smallest absolute Gasteiger partial charge is 0.168 e. The van der Waals surface area contributed by atoms with Crippen LogP contribution in [0, 0.1) is 30.4 Å². The Morgan fingerprint density at radius 1 is 1.14 bits per heavy atom. The summed E-state index contributed by atoms with van der Waals surface area (Å²) in [5, 5.41) is 0. The van der Waals surface area contributed by atoms with Crippen LogP contribution in [-0.2, 0) is 0 Å². The fraction of sp³-hybridized carbons (Fsp3) is 0.611. The first kappa shape index (κ1) is 16.1. The average Bonchev–Trinajstić information content (AvgIpc) is 2.48. The van der Waals surface area contributed by atoms with Crippen molar-refractivity contribution in [1.82, 2.24) is 0 Å². The predicted molar refractivity (Wildman–Crippen MR) is 80.4 cm³/mol. The molecule has 1 aromatic rings. The van der Waals surface area contributed by atoms with Crippen molar-refractivity contribution in [3.05, 3.63) is 34.9 Å². The van der Waals surface area contributed by atoms with E-state index in [0.717, 1.165) is 31.7 Å². The Bertz CT molecular complexity index is 502.